The lowest BCUT2D eigenvalue weighted by Crippen LogP contribution is -2.43. The molecule has 0 unspecified atom stereocenters. The van der Waals surface area contributed by atoms with Crippen LogP contribution in [-0.2, 0) is 5.54 Å². The van der Waals surface area contributed by atoms with Crippen molar-refractivity contribution in [1.82, 2.24) is 15.3 Å². The van der Waals surface area contributed by atoms with Crippen molar-refractivity contribution in [1.29, 1.82) is 0 Å². The Hall–Kier alpha value is -1.95. The second-order valence-electron chi connectivity index (χ2n) is 4.42. The molecule has 0 saturated heterocycles. The van der Waals surface area contributed by atoms with E-state index < -0.39 is 5.54 Å². The number of nitrogens with one attached hydrogen (secondary N) is 2. The number of carbonyl (C=O) groups is 1. The first-order chi connectivity index (χ1) is 9.05. The number of pyridine rings is 1. The van der Waals surface area contributed by atoms with Crippen molar-refractivity contribution in [3.63, 3.8) is 0 Å². The van der Waals surface area contributed by atoms with Gasteiger partial charge in [0.1, 0.15) is 5.01 Å². The van der Waals surface area contributed by atoms with Crippen molar-refractivity contribution in [2.24, 2.45) is 0 Å². The molecule has 2 N–H and O–H groups in total. The van der Waals surface area contributed by atoms with E-state index in [-0.39, 0.29) is 11.5 Å². The summed E-state index contributed by atoms with van der Waals surface area (Å²) in [5.41, 5.74) is -0.299. The van der Waals surface area contributed by atoms with Gasteiger partial charge >= 0.3 is 0 Å². The largest absolute Gasteiger partial charge is 0.340 e. The van der Waals surface area contributed by atoms with E-state index in [9.17, 15) is 9.59 Å². The van der Waals surface area contributed by atoms with Gasteiger partial charge in [-0.1, -0.05) is 6.92 Å². The van der Waals surface area contributed by atoms with Crippen LogP contribution in [0.1, 0.15) is 35.6 Å². The zero-order valence-corrected chi connectivity index (χ0v) is 11.6. The van der Waals surface area contributed by atoms with E-state index in [0.29, 0.717) is 5.56 Å². The van der Waals surface area contributed by atoms with E-state index in [1.54, 1.807) is 6.20 Å². The summed E-state index contributed by atoms with van der Waals surface area (Å²) < 4.78 is 0. The minimum absolute atomic E-state index is 0.226. The molecular formula is C13H15N3O2S. The van der Waals surface area contributed by atoms with Crippen LogP contribution in [0.5, 0.6) is 0 Å². The van der Waals surface area contributed by atoms with E-state index in [1.165, 1.54) is 29.7 Å². The Morgan fingerprint density at radius 3 is 2.84 bits per heavy atom. The minimum atomic E-state index is -0.499. The number of hydrogen-bond acceptors (Lipinski definition) is 4. The van der Waals surface area contributed by atoms with Gasteiger partial charge in [-0.15, -0.1) is 11.3 Å². The molecule has 0 saturated carbocycles. The number of amides is 1. The predicted molar refractivity (Wildman–Crippen MR) is 74.3 cm³/mol. The molecule has 0 radical (unpaired) electrons. The SMILES string of the molecule is CC[C@@](C)(NC(=O)c1ccc(=O)[nH]c1)c1nccs1. The highest BCUT2D eigenvalue weighted by atomic mass is 32.1. The average molecular weight is 277 g/mol. The van der Waals surface area contributed by atoms with Crippen LogP contribution < -0.4 is 10.9 Å². The lowest BCUT2D eigenvalue weighted by molar-refractivity contribution is 0.0901. The molecule has 19 heavy (non-hydrogen) atoms. The maximum atomic E-state index is 12.2. The standard InChI is InChI=1S/C13H15N3O2S/c1-3-13(2,12-14-6-7-19-12)16-11(18)9-4-5-10(17)15-8-9/h4-8H,3H2,1-2H3,(H,15,17)(H,16,18)/t13-/m1/s1. The van der Waals surface area contributed by atoms with Gasteiger partial charge in [-0.2, -0.15) is 0 Å². The highest BCUT2D eigenvalue weighted by Gasteiger charge is 2.29. The van der Waals surface area contributed by atoms with E-state index in [4.69, 9.17) is 0 Å². The van der Waals surface area contributed by atoms with E-state index in [2.05, 4.69) is 15.3 Å². The lowest BCUT2D eigenvalue weighted by Gasteiger charge is -2.27. The third-order valence-electron chi connectivity index (χ3n) is 3.05. The molecule has 0 aliphatic rings. The lowest BCUT2D eigenvalue weighted by atomic mass is 9.99. The highest BCUT2D eigenvalue weighted by Crippen LogP contribution is 2.26. The molecular weight excluding hydrogens is 262 g/mol. The first-order valence-corrected chi connectivity index (χ1v) is 6.84. The summed E-state index contributed by atoms with van der Waals surface area (Å²) in [7, 11) is 0. The van der Waals surface area contributed by atoms with Crippen LogP contribution >= 0.6 is 11.3 Å². The van der Waals surface area contributed by atoms with Gasteiger partial charge in [-0.05, 0) is 19.4 Å². The summed E-state index contributed by atoms with van der Waals surface area (Å²) >= 11 is 1.51. The van der Waals surface area contributed by atoms with Gasteiger partial charge in [0.2, 0.25) is 5.56 Å². The van der Waals surface area contributed by atoms with Gasteiger partial charge < -0.3 is 10.3 Å². The summed E-state index contributed by atoms with van der Waals surface area (Å²) in [6.07, 6.45) is 3.87. The van der Waals surface area contributed by atoms with Gasteiger partial charge in [-0.3, -0.25) is 9.59 Å². The number of nitrogens with zero attached hydrogens (tertiary/aromatic N) is 1. The zero-order valence-electron chi connectivity index (χ0n) is 10.8. The fraction of sp³-hybridized carbons (Fsp3) is 0.308. The Labute approximate surface area is 114 Å². The molecule has 100 valence electrons. The van der Waals surface area contributed by atoms with Crippen LogP contribution in [0.25, 0.3) is 0 Å². The number of aromatic nitrogens is 2. The zero-order chi connectivity index (χ0) is 13.9. The van der Waals surface area contributed by atoms with E-state index in [0.717, 1.165) is 11.4 Å². The molecule has 1 amide bonds. The molecule has 2 heterocycles. The second kappa shape index (κ2) is 5.36. The first kappa shape index (κ1) is 13.5. The Bertz CT molecular complexity index is 601. The molecule has 0 aliphatic carbocycles. The van der Waals surface area contributed by atoms with Crippen LogP contribution in [0, 0.1) is 0 Å². The molecule has 6 heteroatoms. The molecule has 1 atom stereocenters. The summed E-state index contributed by atoms with van der Waals surface area (Å²) in [4.78, 5) is 29.9. The van der Waals surface area contributed by atoms with Crippen LogP contribution in [0.3, 0.4) is 0 Å². The van der Waals surface area contributed by atoms with Crippen LogP contribution in [0.15, 0.2) is 34.7 Å². The van der Waals surface area contributed by atoms with E-state index in [1.807, 2.05) is 19.2 Å². The maximum absolute atomic E-state index is 12.2. The topological polar surface area (TPSA) is 74.8 Å². The van der Waals surface area contributed by atoms with Crippen molar-refractivity contribution in [2.75, 3.05) is 0 Å². The maximum Gasteiger partial charge on any atom is 0.253 e. The molecule has 0 spiro atoms. The van der Waals surface area contributed by atoms with Gasteiger partial charge in [-0.25, -0.2) is 4.98 Å². The number of rotatable bonds is 4. The molecule has 0 fully saturated rings. The van der Waals surface area contributed by atoms with Crippen molar-refractivity contribution >= 4 is 17.2 Å². The summed E-state index contributed by atoms with van der Waals surface area (Å²) in [5.74, 6) is -0.226. The quantitative estimate of drug-likeness (QED) is 0.896. The molecule has 0 aliphatic heterocycles. The number of carbonyl (C=O) groups excluding carboxylic acids is 1. The third kappa shape index (κ3) is 2.90. The van der Waals surface area contributed by atoms with Crippen LogP contribution in [0.2, 0.25) is 0 Å². The summed E-state index contributed by atoms with van der Waals surface area (Å²) in [6.45, 7) is 3.93. The van der Waals surface area contributed by atoms with Crippen molar-refractivity contribution in [3.05, 3.63) is 50.8 Å². The Morgan fingerprint density at radius 2 is 2.32 bits per heavy atom. The van der Waals surface area contributed by atoms with Gasteiger partial charge in [0, 0.05) is 23.8 Å². The second-order valence-corrected chi connectivity index (χ2v) is 5.31. The fourth-order valence-electron chi connectivity index (χ4n) is 1.66. The smallest absolute Gasteiger partial charge is 0.253 e. The monoisotopic (exact) mass is 277 g/mol. The molecule has 5 nitrogen and oxygen atoms in total. The molecule has 0 bridgehead atoms. The molecule has 2 aromatic rings. The molecule has 2 aromatic heterocycles. The number of hydrogen-bond donors (Lipinski definition) is 2. The molecule has 2 rings (SSSR count). The summed E-state index contributed by atoms with van der Waals surface area (Å²) in [6, 6.07) is 2.84. The van der Waals surface area contributed by atoms with Crippen molar-refractivity contribution in [2.45, 2.75) is 25.8 Å². The van der Waals surface area contributed by atoms with Crippen molar-refractivity contribution < 1.29 is 4.79 Å². The first-order valence-electron chi connectivity index (χ1n) is 5.96. The van der Waals surface area contributed by atoms with Gasteiger partial charge in [0.15, 0.2) is 0 Å². The Kier molecular flexibility index (Phi) is 3.80. The number of aromatic amines is 1. The van der Waals surface area contributed by atoms with Gasteiger partial charge in [0.25, 0.3) is 5.91 Å². The minimum Gasteiger partial charge on any atom is -0.340 e. The predicted octanol–water partition coefficient (Wildman–Crippen LogP) is 1.89. The Balaban J connectivity index is 2.21. The van der Waals surface area contributed by atoms with Crippen LogP contribution in [-0.4, -0.2) is 15.9 Å². The van der Waals surface area contributed by atoms with E-state index >= 15 is 0 Å². The number of thiazole rings is 1. The normalized spacial score (nSPS) is 13.8. The third-order valence-corrected chi connectivity index (χ3v) is 4.08. The van der Waals surface area contributed by atoms with Gasteiger partial charge in [0.05, 0.1) is 11.1 Å². The highest BCUT2D eigenvalue weighted by molar-refractivity contribution is 7.09. The van der Waals surface area contributed by atoms with Crippen molar-refractivity contribution in [3.8, 4) is 0 Å². The number of H-pyrrole nitrogens is 1. The average Bonchev–Trinajstić information content (AvgIpc) is 2.93. The van der Waals surface area contributed by atoms with Crippen LogP contribution in [0.4, 0.5) is 0 Å². The molecule has 0 aromatic carbocycles. The summed E-state index contributed by atoms with van der Waals surface area (Å²) in [5, 5.41) is 5.72. The fourth-order valence-corrected chi connectivity index (χ4v) is 2.49. The Morgan fingerprint density at radius 1 is 1.53 bits per heavy atom.